The fourth-order valence-electron chi connectivity index (χ4n) is 4.49. The maximum Gasteiger partial charge on any atom is 0.0731 e. The highest BCUT2D eigenvalue weighted by molar-refractivity contribution is 5.16. The second-order valence-electron chi connectivity index (χ2n) is 9.06. The summed E-state index contributed by atoms with van der Waals surface area (Å²) in [6.45, 7) is 5.60. The molecule has 1 aliphatic carbocycles. The summed E-state index contributed by atoms with van der Waals surface area (Å²) in [5, 5.41) is 14.1. The molecule has 1 rings (SSSR count). The molecule has 0 unspecified atom stereocenters. The van der Waals surface area contributed by atoms with Crippen LogP contribution < -0.4 is 5.32 Å². The van der Waals surface area contributed by atoms with E-state index in [0.29, 0.717) is 0 Å². The topological polar surface area (TPSA) is 32.3 Å². The van der Waals surface area contributed by atoms with E-state index in [0.717, 1.165) is 19.4 Å². The fourth-order valence-corrected chi connectivity index (χ4v) is 4.49. The Kier molecular flexibility index (Phi) is 17.1. The lowest BCUT2D eigenvalue weighted by Gasteiger charge is -2.31. The molecule has 2 N–H and O–H groups in total. The van der Waals surface area contributed by atoms with Gasteiger partial charge in [-0.25, -0.2) is 0 Å². The molecule has 0 aliphatic heterocycles. The third-order valence-corrected chi connectivity index (χ3v) is 6.36. The van der Waals surface area contributed by atoms with Gasteiger partial charge in [0.1, 0.15) is 0 Å². The number of hydrogen-bond acceptors (Lipinski definition) is 2. The molecule has 0 aromatic carbocycles. The maximum absolute atomic E-state index is 10.4. The first-order valence-electron chi connectivity index (χ1n) is 12.9. The number of aliphatic hydroxyl groups excluding tert-OH is 1. The molecule has 0 heterocycles. The van der Waals surface area contributed by atoms with Crippen LogP contribution in [-0.4, -0.2) is 23.8 Å². The smallest absolute Gasteiger partial charge is 0.0731 e. The van der Waals surface area contributed by atoms with Crippen LogP contribution in [0.1, 0.15) is 136 Å². The predicted octanol–water partition coefficient (Wildman–Crippen LogP) is 7.70. The Labute approximate surface area is 177 Å². The van der Waals surface area contributed by atoms with Gasteiger partial charge in [0, 0.05) is 0 Å². The molecule has 0 aromatic rings. The normalized spacial score (nSPS) is 21.5. The van der Waals surface area contributed by atoms with Crippen LogP contribution >= 0.6 is 0 Å². The van der Waals surface area contributed by atoms with Gasteiger partial charge in [-0.3, -0.25) is 0 Å². The predicted molar refractivity (Wildman–Crippen MR) is 125 cm³/mol. The number of unbranched alkanes of at least 4 members (excludes halogenated alkanes) is 14. The largest absolute Gasteiger partial charge is 0.391 e. The zero-order valence-electron chi connectivity index (χ0n) is 19.3. The summed E-state index contributed by atoms with van der Waals surface area (Å²) >= 11 is 0. The average Bonchev–Trinajstić information content (AvgIpc) is 2.70. The Hall–Kier alpha value is -0.340. The van der Waals surface area contributed by atoms with Crippen LogP contribution in [0.15, 0.2) is 11.6 Å². The summed E-state index contributed by atoms with van der Waals surface area (Å²) in [4.78, 5) is 0. The van der Waals surface area contributed by atoms with Crippen LogP contribution in [0.25, 0.3) is 0 Å². The van der Waals surface area contributed by atoms with Crippen molar-refractivity contribution < 1.29 is 5.11 Å². The summed E-state index contributed by atoms with van der Waals surface area (Å²) in [6, 6.07) is 0.225. The minimum atomic E-state index is -0.177. The Bertz CT molecular complexity index is 365. The summed E-state index contributed by atoms with van der Waals surface area (Å²) in [6.07, 6.45) is 27.4. The number of hydrogen-bond donors (Lipinski definition) is 2. The molecule has 0 bridgehead atoms. The van der Waals surface area contributed by atoms with Gasteiger partial charge in [-0.1, -0.05) is 109 Å². The van der Waals surface area contributed by atoms with E-state index in [1.165, 1.54) is 115 Å². The zero-order valence-corrected chi connectivity index (χ0v) is 19.3. The van der Waals surface area contributed by atoms with Crippen LogP contribution in [0.2, 0.25) is 0 Å². The van der Waals surface area contributed by atoms with Gasteiger partial charge in [-0.15, -0.1) is 0 Å². The van der Waals surface area contributed by atoms with Crippen molar-refractivity contribution in [2.24, 2.45) is 0 Å². The van der Waals surface area contributed by atoms with Gasteiger partial charge in [0.25, 0.3) is 0 Å². The second kappa shape index (κ2) is 18.7. The fraction of sp³-hybridized carbons (Fsp3) is 0.923. The zero-order chi connectivity index (χ0) is 20.3. The average molecular weight is 394 g/mol. The lowest BCUT2D eigenvalue weighted by atomic mass is 9.86. The molecule has 0 amide bonds. The van der Waals surface area contributed by atoms with Gasteiger partial charge < -0.3 is 10.4 Å². The summed E-state index contributed by atoms with van der Waals surface area (Å²) in [7, 11) is 0. The quantitative estimate of drug-likeness (QED) is 0.185. The number of allylic oxidation sites excluding steroid dienone is 1. The Morgan fingerprint density at radius 1 is 0.786 bits per heavy atom. The van der Waals surface area contributed by atoms with E-state index in [9.17, 15) is 5.11 Å². The third-order valence-electron chi connectivity index (χ3n) is 6.36. The van der Waals surface area contributed by atoms with E-state index in [2.05, 4.69) is 25.2 Å². The van der Waals surface area contributed by atoms with Crippen molar-refractivity contribution in [2.75, 3.05) is 6.54 Å². The van der Waals surface area contributed by atoms with Crippen LogP contribution in [0.4, 0.5) is 0 Å². The van der Waals surface area contributed by atoms with Gasteiger partial charge in [0.05, 0.1) is 12.1 Å². The van der Waals surface area contributed by atoms with Crippen molar-refractivity contribution in [3.8, 4) is 0 Å². The molecule has 0 saturated heterocycles. The first-order chi connectivity index (χ1) is 13.8. The van der Waals surface area contributed by atoms with Crippen molar-refractivity contribution >= 4 is 0 Å². The Morgan fingerprint density at radius 2 is 1.32 bits per heavy atom. The van der Waals surface area contributed by atoms with Crippen molar-refractivity contribution in [1.82, 2.24) is 5.32 Å². The summed E-state index contributed by atoms with van der Waals surface area (Å²) in [5.74, 6) is 0. The highest BCUT2D eigenvalue weighted by atomic mass is 16.3. The second-order valence-corrected chi connectivity index (χ2v) is 9.06. The molecule has 166 valence electrons. The van der Waals surface area contributed by atoms with E-state index in [4.69, 9.17) is 0 Å². The van der Waals surface area contributed by atoms with Crippen LogP contribution in [0.3, 0.4) is 0 Å². The van der Waals surface area contributed by atoms with E-state index >= 15 is 0 Å². The SMILES string of the molecule is CCCCCCCCCCCCC/C=C1/CCC[C@H](O)[C@H]1NCCCCCC. The monoisotopic (exact) mass is 393 g/mol. The van der Waals surface area contributed by atoms with Gasteiger partial charge in [0.2, 0.25) is 0 Å². The minimum absolute atomic E-state index is 0.177. The van der Waals surface area contributed by atoms with Crippen LogP contribution in [-0.2, 0) is 0 Å². The van der Waals surface area contributed by atoms with E-state index < -0.39 is 0 Å². The summed E-state index contributed by atoms with van der Waals surface area (Å²) in [5.41, 5.74) is 1.49. The van der Waals surface area contributed by atoms with Gasteiger partial charge in [-0.2, -0.15) is 0 Å². The molecular formula is C26H51NO. The van der Waals surface area contributed by atoms with Crippen molar-refractivity contribution in [1.29, 1.82) is 0 Å². The molecule has 2 atom stereocenters. The molecule has 28 heavy (non-hydrogen) atoms. The third kappa shape index (κ3) is 13.0. The molecule has 2 heteroatoms. The highest BCUT2D eigenvalue weighted by Crippen LogP contribution is 2.25. The van der Waals surface area contributed by atoms with Crippen molar-refractivity contribution in [3.63, 3.8) is 0 Å². The Balaban J connectivity index is 2.08. The number of nitrogens with one attached hydrogen (secondary N) is 1. The molecule has 1 fully saturated rings. The highest BCUT2D eigenvalue weighted by Gasteiger charge is 2.26. The van der Waals surface area contributed by atoms with E-state index in [-0.39, 0.29) is 12.1 Å². The first-order valence-corrected chi connectivity index (χ1v) is 12.9. The van der Waals surface area contributed by atoms with Gasteiger partial charge >= 0.3 is 0 Å². The molecule has 0 spiro atoms. The minimum Gasteiger partial charge on any atom is -0.391 e. The van der Waals surface area contributed by atoms with Gasteiger partial charge in [-0.05, 0) is 45.1 Å². The van der Waals surface area contributed by atoms with E-state index in [1.807, 2.05) is 0 Å². The molecular weight excluding hydrogens is 342 g/mol. The number of aliphatic hydroxyl groups is 1. The van der Waals surface area contributed by atoms with Crippen molar-refractivity contribution in [2.45, 2.75) is 148 Å². The molecule has 2 nitrogen and oxygen atoms in total. The molecule has 1 saturated carbocycles. The molecule has 0 aromatic heterocycles. The first kappa shape index (κ1) is 25.7. The maximum atomic E-state index is 10.4. The summed E-state index contributed by atoms with van der Waals surface area (Å²) < 4.78 is 0. The Morgan fingerprint density at radius 3 is 1.93 bits per heavy atom. The van der Waals surface area contributed by atoms with Crippen molar-refractivity contribution in [3.05, 3.63) is 11.6 Å². The molecule has 0 radical (unpaired) electrons. The standard InChI is InChI=1S/C26H51NO/c1-3-5-7-9-10-11-12-13-14-15-16-17-20-24-21-19-22-25(28)26(24)27-23-18-8-6-4-2/h20,25-28H,3-19,21-23H2,1-2H3/b24-20-/t25-,26-/m0/s1. The lowest BCUT2D eigenvalue weighted by molar-refractivity contribution is 0.115. The number of rotatable bonds is 18. The van der Waals surface area contributed by atoms with E-state index in [1.54, 1.807) is 0 Å². The van der Waals surface area contributed by atoms with Crippen LogP contribution in [0, 0.1) is 0 Å². The lowest BCUT2D eigenvalue weighted by Crippen LogP contribution is -2.44. The van der Waals surface area contributed by atoms with Gasteiger partial charge in [0.15, 0.2) is 0 Å². The molecule has 1 aliphatic rings. The van der Waals surface area contributed by atoms with Crippen LogP contribution in [0.5, 0.6) is 0 Å².